The molecule has 0 saturated carbocycles. The van der Waals surface area contributed by atoms with Gasteiger partial charge in [-0.3, -0.25) is 4.79 Å². The van der Waals surface area contributed by atoms with Gasteiger partial charge in [0, 0.05) is 17.7 Å². The van der Waals surface area contributed by atoms with Crippen LogP contribution in [0.15, 0.2) is 54.6 Å². The van der Waals surface area contributed by atoms with Crippen molar-refractivity contribution in [2.24, 2.45) is 0 Å². The summed E-state index contributed by atoms with van der Waals surface area (Å²) in [7, 11) is 0. The molecule has 2 aromatic rings. The zero-order valence-corrected chi connectivity index (χ0v) is 12.1. The summed E-state index contributed by atoms with van der Waals surface area (Å²) in [6.45, 7) is 0.944. The number of hydrogen-bond donors (Lipinski definition) is 1. The monoisotopic (exact) mass is 295 g/mol. The smallest absolute Gasteiger partial charge is 0.256 e. The maximum atomic E-state index is 12.9. The fourth-order valence-corrected chi connectivity index (χ4v) is 3.77. The van der Waals surface area contributed by atoms with Gasteiger partial charge in [-0.05, 0) is 11.6 Å². The van der Waals surface area contributed by atoms with Gasteiger partial charge in [-0.1, -0.05) is 48.5 Å². The number of carbonyl (C=O) groups is 1. The van der Waals surface area contributed by atoms with Gasteiger partial charge in [-0.2, -0.15) is 0 Å². The molecule has 1 amide bonds. The molecule has 4 heteroatoms. The number of fused-ring (bicyclic) bond motifs is 2. The molecule has 0 unspecified atom stereocenters. The molecular weight excluding hydrogens is 278 g/mol. The second-order valence-corrected chi connectivity index (χ2v) is 5.69. The Hall–Kier alpha value is -2.17. The van der Waals surface area contributed by atoms with Crippen molar-refractivity contribution in [2.45, 2.75) is 11.6 Å². The van der Waals surface area contributed by atoms with E-state index in [0.717, 1.165) is 11.1 Å². The maximum absolute atomic E-state index is 12.9. The van der Waals surface area contributed by atoms with E-state index in [1.54, 1.807) is 4.90 Å². The van der Waals surface area contributed by atoms with Crippen LogP contribution in [0.5, 0.6) is 0 Å². The number of aliphatic hydroxyl groups excluding tert-OH is 1. The van der Waals surface area contributed by atoms with E-state index in [0.29, 0.717) is 18.7 Å². The lowest BCUT2D eigenvalue weighted by Crippen LogP contribution is -2.54. The highest BCUT2D eigenvalue weighted by Gasteiger charge is 2.56. The molecule has 2 aliphatic heterocycles. The highest BCUT2D eigenvalue weighted by molar-refractivity contribution is 5.98. The van der Waals surface area contributed by atoms with Crippen molar-refractivity contribution in [3.05, 3.63) is 71.3 Å². The highest BCUT2D eigenvalue weighted by Crippen LogP contribution is 2.50. The zero-order chi connectivity index (χ0) is 15.2. The van der Waals surface area contributed by atoms with Crippen LogP contribution in [0.4, 0.5) is 0 Å². The third-order valence-electron chi connectivity index (χ3n) is 4.69. The molecule has 0 aliphatic carbocycles. The molecule has 0 spiro atoms. The van der Waals surface area contributed by atoms with Crippen molar-refractivity contribution in [1.82, 2.24) is 4.90 Å². The Balaban J connectivity index is 1.98. The van der Waals surface area contributed by atoms with E-state index in [9.17, 15) is 9.90 Å². The predicted octanol–water partition coefficient (Wildman–Crippen LogP) is 2.10. The van der Waals surface area contributed by atoms with Gasteiger partial charge in [-0.15, -0.1) is 0 Å². The maximum Gasteiger partial charge on any atom is 0.256 e. The Morgan fingerprint density at radius 2 is 1.86 bits per heavy atom. The fraction of sp³-hybridized carbons (Fsp3) is 0.278. The van der Waals surface area contributed by atoms with Crippen LogP contribution < -0.4 is 0 Å². The standard InChI is InChI=1S/C18H17NO3/c20-12-16-14-8-4-5-9-15(14)17(21)19-10-11-22-18(16,19)13-6-2-1-3-7-13/h1-9,16,20H,10-12H2/t16-,18-/m0/s1. The quantitative estimate of drug-likeness (QED) is 0.923. The van der Waals surface area contributed by atoms with E-state index < -0.39 is 5.72 Å². The van der Waals surface area contributed by atoms with Crippen molar-refractivity contribution in [1.29, 1.82) is 0 Å². The molecule has 4 nitrogen and oxygen atoms in total. The average Bonchev–Trinajstić information content (AvgIpc) is 3.02. The minimum Gasteiger partial charge on any atom is -0.396 e. The number of nitrogens with zero attached hydrogens (tertiary/aromatic N) is 1. The fourth-order valence-electron chi connectivity index (χ4n) is 3.77. The van der Waals surface area contributed by atoms with Gasteiger partial charge in [0.15, 0.2) is 5.72 Å². The highest BCUT2D eigenvalue weighted by atomic mass is 16.5. The number of hydrogen-bond acceptors (Lipinski definition) is 3. The second-order valence-electron chi connectivity index (χ2n) is 5.69. The normalized spacial score (nSPS) is 26.7. The lowest BCUT2D eigenvalue weighted by Gasteiger charge is -2.46. The molecule has 2 atom stereocenters. The Kier molecular flexibility index (Phi) is 3.03. The number of amides is 1. The first-order valence-corrected chi connectivity index (χ1v) is 7.50. The second kappa shape index (κ2) is 4.93. The molecule has 1 saturated heterocycles. The number of rotatable bonds is 2. The first-order valence-electron chi connectivity index (χ1n) is 7.50. The average molecular weight is 295 g/mol. The van der Waals surface area contributed by atoms with Gasteiger partial charge >= 0.3 is 0 Å². The summed E-state index contributed by atoms with van der Waals surface area (Å²) < 4.78 is 6.11. The zero-order valence-electron chi connectivity index (χ0n) is 12.1. The molecule has 2 aliphatic rings. The summed E-state index contributed by atoms with van der Waals surface area (Å²) in [6, 6.07) is 17.2. The molecule has 4 rings (SSSR count). The predicted molar refractivity (Wildman–Crippen MR) is 81.4 cm³/mol. The van der Waals surface area contributed by atoms with Crippen LogP contribution >= 0.6 is 0 Å². The molecule has 2 heterocycles. The summed E-state index contributed by atoms with van der Waals surface area (Å²) in [5, 5.41) is 10.1. The number of ether oxygens (including phenoxy) is 1. The number of benzene rings is 2. The first-order chi connectivity index (χ1) is 10.8. The Morgan fingerprint density at radius 1 is 1.14 bits per heavy atom. The molecule has 0 aromatic heterocycles. The Bertz CT molecular complexity index is 715. The van der Waals surface area contributed by atoms with E-state index in [1.807, 2.05) is 54.6 Å². The van der Waals surface area contributed by atoms with Crippen LogP contribution in [0, 0.1) is 0 Å². The largest absolute Gasteiger partial charge is 0.396 e. The summed E-state index contributed by atoms with van der Waals surface area (Å²) in [5.74, 6) is -0.312. The minimum atomic E-state index is -0.901. The minimum absolute atomic E-state index is 0.0262. The van der Waals surface area contributed by atoms with Crippen LogP contribution in [-0.4, -0.2) is 35.7 Å². The number of carbonyl (C=O) groups excluding carboxylic acids is 1. The SMILES string of the molecule is O=C1c2ccccc2[C@H](CO)[C@]2(c3ccccc3)OCCN12. The molecule has 1 N–H and O–H groups in total. The summed E-state index contributed by atoms with van der Waals surface area (Å²) in [6.07, 6.45) is 0. The Labute approximate surface area is 128 Å². The molecule has 0 radical (unpaired) electrons. The van der Waals surface area contributed by atoms with Crippen LogP contribution in [0.2, 0.25) is 0 Å². The lowest BCUT2D eigenvalue weighted by atomic mass is 9.77. The van der Waals surface area contributed by atoms with Gasteiger partial charge in [0.1, 0.15) is 0 Å². The summed E-state index contributed by atoms with van der Waals surface area (Å²) in [5.41, 5.74) is 1.53. The van der Waals surface area contributed by atoms with Crippen molar-refractivity contribution in [2.75, 3.05) is 19.8 Å². The van der Waals surface area contributed by atoms with E-state index in [4.69, 9.17) is 4.74 Å². The van der Waals surface area contributed by atoms with Gasteiger partial charge in [-0.25, -0.2) is 0 Å². The van der Waals surface area contributed by atoms with Crippen molar-refractivity contribution in [3.8, 4) is 0 Å². The van der Waals surface area contributed by atoms with Crippen LogP contribution in [0.1, 0.15) is 27.4 Å². The first kappa shape index (κ1) is 13.5. The molecule has 0 bridgehead atoms. The third kappa shape index (κ3) is 1.62. The summed E-state index contributed by atoms with van der Waals surface area (Å²) in [4.78, 5) is 14.7. The molecule has 2 aromatic carbocycles. The third-order valence-corrected chi connectivity index (χ3v) is 4.69. The van der Waals surface area contributed by atoms with E-state index in [1.165, 1.54) is 0 Å². The van der Waals surface area contributed by atoms with Gasteiger partial charge in [0.25, 0.3) is 5.91 Å². The van der Waals surface area contributed by atoms with Crippen molar-refractivity contribution < 1.29 is 14.6 Å². The van der Waals surface area contributed by atoms with Gasteiger partial charge < -0.3 is 14.7 Å². The topological polar surface area (TPSA) is 49.8 Å². The van der Waals surface area contributed by atoms with Crippen molar-refractivity contribution >= 4 is 5.91 Å². The Morgan fingerprint density at radius 3 is 2.64 bits per heavy atom. The van der Waals surface area contributed by atoms with E-state index in [-0.39, 0.29) is 18.4 Å². The van der Waals surface area contributed by atoms with E-state index in [2.05, 4.69) is 0 Å². The number of aliphatic hydroxyl groups is 1. The van der Waals surface area contributed by atoms with Crippen LogP contribution in [0.3, 0.4) is 0 Å². The van der Waals surface area contributed by atoms with E-state index >= 15 is 0 Å². The molecular formula is C18H17NO3. The van der Waals surface area contributed by atoms with Crippen molar-refractivity contribution in [3.63, 3.8) is 0 Å². The lowest BCUT2D eigenvalue weighted by molar-refractivity contribution is -0.109. The van der Waals surface area contributed by atoms with Gasteiger partial charge in [0.05, 0.1) is 19.1 Å². The molecule has 112 valence electrons. The molecule has 1 fully saturated rings. The summed E-state index contributed by atoms with van der Waals surface area (Å²) >= 11 is 0. The molecule has 22 heavy (non-hydrogen) atoms. The van der Waals surface area contributed by atoms with Crippen LogP contribution in [-0.2, 0) is 10.5 Å². The van der Waals surface area contributed by atoms with Gasteiger partial charge in [0.2, 0.25) is 0 Å². The van der Waals surface area contributed by atoms with Crippen LogP contribution in [0.25, 0.3) is 0 Å².